The van der Waals surface area contributed by atoms with Crippen LogP contribution in [0.3, 0.4) is 0 Å². The van der Waals surface area contributed by atoms with E-state index in [1.165, 1.54) is 0 Å². The Hall–Kier alpha value is -2.67. The quantitative estimate of drug-likeness (QED) is 0.710. The van der Waals surface area contributed by atoms with Gasteiger partial charge in [-0.05, 0) is 36.4 Å². The van der Waals surface area contributed by atoms with E-state index >= 15 is 0 Å². The fourth-order valence-electron chi connectivity index (χ4n) is 3.02. The maximum absolute atomic E-state index is 12.5. The molecule has 1 atom stereocenters. The number of para-hydroxylation sites is 1. The van der Waals surface area contributed by atoms with Gasteiger partial charge in [-0.15, -0.1) is 0 Å². The van der Waals surface area contributed by atoms with E-state index in [1.807, 2.05) is 48.5 Å². The average molecular weight is 399 g/mol. The van der Waals surface area contributed by atoms with Crippen molar-refractivity contribution in [3.63, 3.8) is 0 Å². The standard InChI is InChI=1S/C18H15BrN4O2/c19-12-5-7-13(8-6-12)20-18(25)11-9-16(24)23(10-11)17-14-3-1-2-4-15(14)21-22-17/h1-8,11H,9-10H2,(H,20,25)(H,21,22). The Morgan fingerprint density at radius 1 is 1.20 bits per heavy atom. The van der Waals surface area contributed by atoms with Crippen LogP contribution >= 0.6 is 15.9 Å². The molecule has 1 aromatic heterocycles. The summed E-state index contributed by atoms with van der Waals surface area (Å²) in [6, 6.07) is 15.0. The van der Waals surface area contributed by atoms with Crippen LogP contribution in [0.1, 0.15) is 6.42 Å². The minimum Gasteiger partial charge on any atom is -0.326 e. The Morgan fingerprint density at radius 2 is 1.96 bits per heavy atom. The Morgan fingerprint density at radius 3 is 2.76 bits per heavy atom. The van der Waals surface area contributed by atoms with Gasteiger partial charge in [0.1, 0.15) is 0 Å². The molecule has 0 aliphatic carbocycles. The van der Waals surface area contributed by atoms with Gasteiger partial charge in [0.05, 0.1) is 11.4 Å². The van der Waals surface area contributed by atoms with E-state index in [-0.39, 0.29) is 18.2 Å². The second-order valence-electron chi connectivity index (χ2n) is 5.99. The van der Waals surface area contributed by atoms with Crippen LogP contribution in [0.2, 0.25) is 0 Å². The molecule has 126 valence electrons. The van der Waals surface area contributed by atoms with Crippen molar-refractivity contribution in [1.29, 1.82) is 0 Å². The van der Waals surface area contributed by atoms with Crippen LogP contribution in [0.5, 0.6) is 0 Å². The summed E-state index contributed by atoms with van der Waals surface area (Å²) >= 11 is 3.36. The summed E-state index contributed by atoms with van der Waals surface area (Å²) in [5.74, 6) is -0.0580. The summed E-state index contributed by atoms with van der Waals surface area (Å²) in [6.07, 6.45) is 0.184. The summed E-state index contributed by atoms with van der Waals surface area (Å²) in [7, 11) is 0. The molecule has 1 unspecified atom stereocenters. The lowest BCUT2D eigenvalue weighted by atomic mass is 10.1. The number of carbonyl (C=O) groups excluding carboxylic acids is 2. The first kappa shape index (κ1) is 15.8. The number of aromatic amines is 1. The maximum Gasteiger partial charge on any atom is 0.229 e. The van der Waals surface area contributed by atoms with E-state index in [1.54, 1.807) is 4.90 Å². The van der Waals surface area contributed by atoms with Crippen LogP contribution in [0.25, 0.3) is 10.9 Å². The van der Waals surface area contributed by atoms with Gasteiger partial charge in [-0.1, -0.05) is 28.1 Å². The Balaban J connectivity index is 1.52. The average Bonchev–Trinajstić information content (AvgIpc) is 3.20. The predicted octanol–water partition coefficient (Wildman–Crippen LogP) is 3.32. The van der Waals surface area contributed by atoms with Crippen molar-refractivity contribution in [2.75, 3.05) is 16.8 Å². The lowest BCUT2D eigenvalue weighted by Crippen LogP contribution is -2.28. The van der Waals surface area contributed by atoms with E-state index in [4.69, 9.17) is 0 Å². The largest absolute Gasteiger partial charge is 0.326 e. The third-order valence-corrected chi connectivity index (χ3v) is 4.84. The van der Waals surface area contributed by atoms with Gasteiger partial charge >= 0.3 is 0 Å². The van der Waals surface area contributed by atoms with Crippen molar-refractivity contribution in [3.8, 4) is 0 Å². The summed E-state index contributed by atoms with van der Waals surface area (Å²) in [5.41, 5.74) is 1.58. The lowest BCUT2D eigenvalue weighted by Gasteiger charge is -2.14. The molecule has 1 saturated heterocycles. The highest BCUT2D eigenvalue weighted by atomic mass is 79.9. The molecule has 1 aliphatic rings. The summed E-state index contributed by atoms with van der Waals surface area (Å²) in [6.45, 7) is 0.329. The molecule has 6 nitrogen and oxygen atoms in total. The molecule has 25 heavy (non-hydrogen) atoms. The number of carbonyl (C=O) groups is 2. The van der Waals surface area contributed by atoms with Crippen LogP contribution in [0.4, 0.5) is 11.5 Å². The molecule has 0 saturated carbocycles. The number of fused-ring (bicyclic) bond motifs is 1. The van der Waals surface area contributed by atoms with E-state index in [0.29, 0.717) is 18.1 Å². The number of nitrogens with one attached hydrogen (secondary N) is 2. The highest BCUT2D eigenvalue weighted by Gasteiger charge is 2.36. The zero-order valence-corrected chi connectivity index (χ0v) is 14.8. The number of rotatable bonds is 3. The molecule has 2 amide bonds. The molecule has 1 aliphatic heterocycles. The van der Waals surface area contributed by atoms with Crippen LogP contribution in [0.15, 0.2) is 53.0 Å². The number of aromatic nitrogens is 2. The maximum atomic E-state index is 12.5. The van der Waals surface area contributed by atoms with Gasteiger partial charge in [0.25, 0.3) is 0 Å². The molecule has 0 spiro atoms. The molecule has 4 rings (SSSR count). The second kappa shape index (κ2) is 6.33. The topological polar surface area (TPSA) is 78.1 Å². The molecule has 7 heteroatoms. The van der Waals surface area contributed by atoms with E-state index in [2.05, 4.69) is 31.4 Å². The molecule has 3 aromatic rings. The third kappa shape index (κ3) is 3.02. The summed E-state index contributed by atoms with van der Waals surface area (Å²) < 4.78 is 0.943. The van der Waals surface area contributed by atoms with Crippen molar-refractivity contribution in [2.45, 2.75) is 6.42 Å². The highest BCUT2D eigenvalue weighted by Crippen LogP contribution is 2.30. The van der Waals surface area contributed by atoms with Gasteiger partial charge in [0.15, 0.2) is 5.82 Å². The SMILES string of the molecule is O=C(Nc1ccc(Br)cc1)C1CC(=O)N(c2n[nH]c3ccccc23)C1. The van der Waals surface area contributed by atoms with Crippen molar-refractivity contribution in [3.05, 3.63) is 53.0 Å². The van der Waals surface area contributed by atoms with Crippen LogP contribution in [-0.4, -0.2) is 28.6 Å². The van der Waals surface area contributed by atoms with Crippen molar-refractivity contribution >= 4 is 50.2 Å². The first-order valence-electron chi connectivity index (χ1n) is 7.92. The molecular weight excluding hydrogens is 384 g/mol. The van der Waals surface area contributed by atoms with Crippen molar-refractivity contribution < 1.29 is 9.59 Å². The normalized spacial score (nSPS) is 17.2. The number of hydrogen-bond donors (Lipinski definition) is 2. The third-order valence-electron chi connectivity index (χ3n) is 4.31. The molecular formula is C18H15BrN4O2. The number of benzene rings is 2. The molecule has 2 aromatic carbocycles. The zero-order chi connectivity index (χ0) is 17.4. The van der Waals surface area contributed by atoms with Crippen LogP contribution in [-0.2, 0) is 9.59 Å². The smallest absolute Gasteiger partial charge is 0.229 e. The van der Waals surface area contributed by atoms with Gasteiger partial charge in [-0.3, -0.25) is 19.6 Å². The minimum atomic E-state index is -0.397. The van der Waals surface area contributed by atoms with Gasteiger partial charge in [-0.2, -0.15) is 5.10 Å². The second-order valence-corrected chi connectivity index (χ2v) is 6.91. The van der Waals surface area contributed by atoms with E-state index in [0.717, 1.165) is 15.4 Å². The number of H-pyrrole nitrogens is 1. The number of anilines is 2. The van der Waals surface area contributed by atoms with Gasteiger partial charge in [-0.25, -0.2) is 0 Å². The number of hydrogen-bond acceptors (Lipinski definition) is 3. The van der Waals surface area contributed by atoms with Crippen molar-refractivity contribution in [1.82, 2.24) is 10.2 Å². The molecule has 0 radical (unpaired) electrons. The zero-order valence-electron chi connectivity index (χ0n) is 13.2. The Labute approximate surface area is 152 Å². The molecule has 1 fully saturated rings. The fraction of sp³-hybridized carbons (Fsp3) is 0.167. The van der Waals surface area contributed by atoms with Gasteiger partial charge < -0.3 is 5.32 Å². The van der Waals surface area contributed by atoms with Gasteiger partial charge in [0, 0.05) is 28.5 Å². The molecule has 2 N–H and O–H groups in total. The summed E-state index contributed by atoms with van der Waals surface area (Å²) in [4.78, 5) is 26.5. The number of nitrogens with zero attached hydrogens (tertiary/aromatic N) is 2. The lowest BCUT2D eigenvalue weighted by molar-refractivity contribution is -0.122. The molecule has 2 heterocycles. The Bertz CT molecular complexity index is 951. The number of halogens is 1. The number of amides is 2. The predicted molar refractivity (Wildman–Crippen MR) is 99.3 cm³/mol. The first-order valence-corrected chi connectivity index (χ1v) is 8.71. The highest BCUT2D eigenvalue weighted by molar-refractivity contribution is 9.10. The first-order chi connectivity index (χ1) is 12.1. The van der Waals surface area contributed by atoms with Crippen LogP contribution in [0, 0.1) is 5.92 Å². The summed E-state index contributed by atoms with van der Waals surface area (Å²) in [5, 5.41) is 10.9. The Kier molecular flexibility index (Phi) is 4.01. The van der Waals surface area contributed by atoms with E-state index < -0.39 is 5.92 Å². The van der Waals surface area contributed by atoms with Crippen LogP contribution < -0.4 is 10.2 Å². The van der Waals surface area contributed by atoms with Gasteiger partial charge in [0.2, 0.25) is 11.8 Å². The molecule has 0 bridgehead atoms. The minimum absolute atomic E-state index is 0.0896. The van der Waals surface area contributed by atoms with E-state index in [9.17, 15) is 9.59 Å². The van der Waals surface area contributed by atoms with Crippen molar-refractivity contribution in [2.24, 2.45) is 5.92 Å². The monoisotopic (exact) mass is 398 g/mol. The fourth-order valence-corrected chi connectivity index (χ4v) is 3.28.